The lowest BCUT2D eigenvalue weighted by atomic mass is 10.2. The first kappa shape index (κ1) is 13.6. The van der Waals surface area contributed by atoms with Crippen molar-refractivity contribution in [3.8, 4) is 0 Å². The number of aromatic nitrogens is 1. The fourth-order valence-corrected chi connectivity index (χ4v) is 2.82. The molecule has 0 spiro atoms. The van der Waals surface area contributed by atoms with Crippen molar-refractivity contribution in [3.63, 3.8) is 0 Å². The van der Waals surface area contributed by atoms with Gasteiger partial charge in [0.25, 0.3) is 11.1 Å². The predicted octanol–water partition coefficient (Wildman–Crippen LogP) is 3.32. The van der Waals surface area contributed by atoms with Crippen molar-refractivity contribution < 1.29 is 9.59 Å². The van der Waals surface area contributed by atoms with E-state index in [9.17, 15) is 9.59 Å². The van der Waals surface area contributed by atoms with Crippen LogP contribution < -0.4 is 0 Å². The van der Waals surface area contributed by atoms with Crippen molar-refractivity contribution in [3.05, 3.63) is 70.9 Å². The highest BCUT2D eigenvalue weighted by Crippen LogP contribution is 2.32. The maximum Gasteiger partial charge on any atom is 0.293 e. The molecular formula is C16H12N2O2S. The average Bonchev–Trinajstić information content (AvgIpc) is 2.77. The lowest BCUT2D eigenvalue weighted by Crippen LogP contribution is -2.27. The van der Waals surface area contributed by atoms with Gasteiger partial charge in [0, 0.05) is 6.20 Å². The van der Waals surface area contributed by atoms with E-state index in [4.69, 9.17) is 0 Å². The van der Waals surface area contributed by atoms with Gasteiger partial charge >= 0.3 is 0 Å². The summed E-state index contributed by atoms with van der Waals surface area (Å²) in [6, 6.07) is 14.9. The average molecular weight is 296 g/mol. The number of nitrogens with zero attached hydrogens (tertiary/aromatic N) is 2. The Balaban J connectivity index is 1.81. The summed E-state index contributed by atoms with van der Waals surface area (Å²) in [5.74, 6) is -0.264. The summed E-state index contributed by atoms with van der Waals surface area (Å²) in [6.07, 6.45) is 3.30. The van der Waals surface area contributed by atoms with Crippen LogP contribution >= 0.6 is 11.8 Å². The number of imide groups is 1. The molecule has 0 unspecified atom stereocenters. The molecule has 0 N–H and O–H groups in total. The first-order valence-corrected chi connectivity index (χ1v) is 7.26. The molecule has 0 radical (unpaired) electrons. The molecule has 1 fully saturated rings. The van der Waals surface area contributed by atoms with Crippen LogP contribution in [0.3, 0.4) is 0 Å². The molecule has 21 heavy (non-hydrogen) atoms. The lowest BCUT2D eigenvalue weighted by Gasteiger charge is -2.11. The van der Waals surface area contributed by atoms with Crippen molar-refractivity contribution in [1.29, 1.82) is 0 Å². The second kappa shape index (κ2) is 5.93. The second-order valence-electron chi connectivity index (χ2n) is 4.51. The molecule has 1 aliphatic rings. The van der Waals surface area contributed by atoms with Gasteiger partial charge in [-0.1, -0.05) is 36.4 Å². The van der Waals surface area contributed by atoms with Crippen molar-refractivity contribution in [2.45, 2.75) is 6.54 Å². The van der Waals surface area contributed by atoms with Crippen LogP contribution in [0, 0.1) is 0 Å². The van der Waals surface area contributed by atoms with E-state index in [1.807, 2.05) is 36.4 Å². The Morgan fingerprint density at radius 1 is 1.05 bits per heavy atom. The second-order valence-corrected chi connectivity index (χ2v) is 5.50. The molecule has 2 amide bonds. The third kappa shape index (κ3) is 3.03. The number of hydrogen-bond acceptors (Lipinski definition) is 4. The molecule has 0 atom stereocenters. The van der Waals surface area contributed by atoms with Crippen LogP contribution in [0.1, 0.15) is 11.3 Å². The van der Waals surface area contributed by atoms with E-state index in [-0.39, 0.29) is 11.1 Å². The number of hydrogen-bond donors (Lipinski definition) is 0. The molecule has 1 aromatic carbocycles. The first-order chi connectivity index (χ1) is 10.2. The third-order valence-corrected chi connectivity index (χ3v) is 3.93. The van der Waals surface area contributed by atoms with Crippen LogP contribution in [0.4, 0.5) is 4.79 Å². The maximum absolute atomic E-state index is 12.3. The van der Waals surface area contributed by atoms with Crippen LogP contribution in [-0.2, 0) is 11.3 Å². The van der Waals surface area contributed by atoms with Gasteiger partial charge in [-0.3, -0.25) is 19.5 Å². The highest BCUT2D eigenvalue weighted by atomic mass is 32.2. The number of amides is 2. The Bertz CT molecular complexity index is 699. The normalized spacial score (nSPS) is 16.8. The SMILES string of the molecule is O=C1S/C(=C\c2ccccn2)C(=O)N1Cc1ccccc1. The van der Waals surface area contributed by atoms with Crippen LogP contribution in [0.15, 0.2) is 59.6 Å². The summed E-state index contributed by atoms with van der Waals surface area (Å²) in [4.78, 5) is 30.1. The fraction of sp³-hybridized carbons (Fsp3) is 0.0625. The molecule has 4 nitrogen and oxygen atoms in total. The van der Waals surface area contributed by atoms with Gasteiger partial charge in [0.05, 0.1) is 17.1 Å². The standard InChI is InChI=1S/C16H12N2O2S/c19-15-14(10-13-8-4-5-9-17-13)21-16(20)18(15)11-12-6-2-1-3-7-12/h1-10H,11H2/b14-10-. The van der Waals surface area contributed by atoms with Crippen LogP contribution in [-0.4, -0.2) is 21.0 Å². The molecular weight excluding hydrogens is 284 g/mol. The van der Waals surface area contributed by atoms with Crippen LogP contribution in [0.5, 0.6) is 0 Å². The van der Waals surface area contributed by atoms with Gasteiger partial charge < -0.3 is 0 Å². The quantitative estimate of drug-likeness (QED) is 0.815. The van der Waals surface area contributed by atoms with Gasteiger partial charge in [-0.2, -0.15) is 0 Å². The fourth-order valence-electron chi connectivity index (χ4n) is 2.00. The summed E-state index contributed by atoms with van der Waals surface area (Å²) in [6.45, 7) is 0.297. The van der Waals surface area contributed by atoms with Crippen molar-refractivity contribution in [2.24, 2.45) is 0 Å². The summed E-state index contributed by atoms with van der Waals surface area (Å²) in [5.41, 5.74) is 1.60. The highest BCUT2D eigenvalue weighted by Gasteiger charge is 2.34. The monoisotopic (exact) mass is 296 g/mol. The van der Waals surface area contributed by atoms with Gasteiger partial charge in [0.1, 0.15) is 0 Å². The molecule has 1 aromatic heterocycles. The van der Waals surface area contributed by atoms with Crippen LogP contribution in [0.25, 0.3) is 6.08 Å². The zero-order valence-corrected chi connectivity index (χ0v) is 11.9. The maximum atomic E-state index is 12.3. The largest absolute Gasteiger partial charge is 0.293 e. The van der Waals surface area contributed by atoms with E-state index in [1.54, 1.807) is 24.4 Å². The predicted molar refractivity (Wildman–Crippen MR) is 82.2 cm³/mol. The van der Waals surface area contributed by atoms with Gasteiger partial charge in [-0.25, -0.2) is 0 Å². The lowest BCUT2D eigenvalue weighted by molar-refractivity contribution is -0.123. The summed E-state index contributed by atoms with van der Waals surface area (Å²) < 4.78 is 0. The van der Waals surface area contributed by atoms with E-state index < -0.39 is 0 Å². The number of carbonyl (C=O) groups is 2. The number of pyridine rings is 1. The molecule has 0 saturated carbocycles. The molecule has 0 bridgehead atoms. The Kier molecular flexibility index (Phi) is 3.83. The summed E-state index contributed by atoms with van der Waals surface area (Å²) >= 11 is 0.954. The molecule has 1 aliphatic heterocycles. The van der Waals surface area contributed by atoms with Crippen molar-refractivity contribution in [2.75, 3.05) is 0 Å². The Hall–Kier alpha value is -2.40. The summed E-state index contributed by atoms with van der Waals surface area (Å²) in [7, 11) is 0. The highest BCUT2D eigenvalue weighted by molar-refractivity contribution is 8.18. The molecule has 2 heterocycles. The zero-order valence-electron chi connectivity index (χ0n) is 11.1. The van der Waals surface area contributed by atoms with E-state index in [0.29, 0.717) is 17.1 Å². The van der Waals surface area contributed by atoms with Crippen molar-refractivity contribution in [1.82, 2.24) is 9.88 Å². The minimum absolute atomic E-state index is 0.244. The van der Waals surface area contributed by atoms with E-state index in [1.165, 1.54) is 4.90 Å². The minimum Gasteiger partial charge on any atom is -0.268 e. The summed E-state index contributed by atoms with van der Waals surface area (Å²) in [5, 5.41) is -0.244. The molecule has 2 aromatic rings. The minimum atomic E-state index is -0.264. The van der Waals surface area contributed by atoms with Gasteiger partial charge in [0.15, 0.2) is 0 Å². The Morgan fingerprint density at radius 3 is 2.52 bits per heavy atom. The van der Waals surface area contributed by atoms with Gasteiger partial charge in [-0.15, -0.1) is 0 Å². The van der Waals surface area contributed by atoms with Crippen LogP contribution in [0.2, 0.25) is 0 Å². The van der Waals surface area contributed by atoms with E-state index in [0.717, 1.165) is 17.3 Å². The number of carbonyl (C=O) groups excluding carboxylic acids is 2. The third-order valence-electron chi connectivity index (χ3n) is 3.02. The zero-order chi connectivity index (χ0) is 14.7. The Labute approximate surface area is 126 Å². The van der Waals surface area contributed by atoms with Gasteiger partial charge in [0.2, 0.25) is 0 Å². The smallest absolute Gasteiger partial charge is 0.268 e. The molecule has 1 saturated heterocycles. The first-order valence-electron chi connectivity index (χ1n) is 6.44. The number of thioether (sulfide) groups is 1. The number of benzene rings is 1. The number of rotatable bonds is 3. The molecule has 104 valence electrons. The Morgan fingerprint density at radius 2 is 1.81 bits per heavy atom. The van der Waals surface area contributed by atoms with Gasteiger partial charge in [-0.05, 0) is 35.5 Å². The topological polar surface area (TPSA) is 50.3 Å². The van der Waals surface area contributed by atoms with E-state index >= 15 is 0 Å². The molecule has 0 aliphatic carbocycles. The molecule has 5 heteroatoms. The van der Waals surface area contributed by atoms with E-state index in [2.05, 4.69) is 4.98 Å². The molecule has 3 rings (SSSR count). The van der Waals surface area contributed by atoms with Crippen molar-refractivity contribution >= 4 is 29.0 Å².